The Hall–Kier alpha value is -0.930. The van der Waals surface area contributed by atoms with Gasteiger partial charge < -0.3 is 10.6 Å². The van der Waals surface area contributed by atoms with Gasteiger partial charge in [0.1, 0.15) is 0 Å². The monoisotopic (exact) mass is 248 g/mol. The summed E-state index contributed by atoms with van der Waals surface area (Å²) in [5, 5.41) is 0. The number of hydrogen-bond donors (Lipinski definition) is 1. The molecule has 2 nitrogen and oxygen atoms in total. The molecule has 0 unspecified atom stereocenters. The normalized spacial score (nSPS) is 16.2. The van der Waals surface area contributed by atoms with Crippen molar-refractivity contribution >= 4 is 17.2 Å². The third-order valence-corrected chi connectivity index (χ3v) is 3.61. The van der Waals surface area contributed by atoms with Crippen molar-refractivity contribution in [3.8, 4) is 0 Å². The van der Waals surface area contributed by atoms with Gasteiger partial charge in [0.2, 0.25) is 0 Å². The quantitative estimate of drug-likeness (QED) is 0.828. The van der Waals surface area contributed by atoms with Crippen molar-refractivity contribution in [1.82, 2.24) is 4.90 Å². The van der Waals surface area contributed by atoms with Crippen molar-refractivity contribution in [3.63, 3.8) is 0 Å². The van der Waals surface area contributed by atoms with Gasteiger partial charge in [0.25, 0.3) is 0 Å². The molecule has 2 N–H and O–H groups in total. The molecule has 1 aromatic carbocycles. The highest BCUT2D eigenvalue weighted by atomic mass is 32.1. The molecule has 0 bridgehead atoms. The molecule has 2 rings (SSSR count). The summed E-state index contributed by atoms with van der Waals surface area (Å²) in [7, 11) is 0. The molecule has 1 aliphatic heterocycles. The summed E-state index contributed by atoms with van der Waals surface area (Å²) in [6.45, 7) is 3.44. The maximum absolute atomic E-state index is 5.52. The molecular formula is C14H20N2S. The van der Waals surface area contributed by atoms with Crippen LogP contribution in [0.2, 0.25) is 0 Å². The fraction of sp³-hybridized carbons (Fsp3) is 0.500. The number of thiocarbonyl (C=S) groups is 1. The van der Waals surface area contributed by atoms with Gasteiger partial charge in [-0.15, -0.1) is 0 Å². The van der Waals surface area contributed by atoms with Crippen LogP contribution in [-0.2, 0) is 12.8 Å². The summed E-state index contributed by atoms with van der Waals surface area (Å²) in [5.74, 6) is 0. The molecule has 1 aliphatic rings. The number of hydrogen-bond acceptors (Lipinski definition) is 2. The number of nitrogens with two attached hydrogens (primary N) is 1. The maximum Gasteiger partial charge on any atom is 0.0727 e. The van der Waals surface area contributed by atoms with Crippen LogP contribution in [0.3, 0.4) is 0 Å². The first-order valence-electron chi connectivity index (χ1n) is 6.33. The predicted octanol–water partition coefficient (Wildman–Crippen LogP) is 2.15. The van der Waals surface area contributed by atoms with E-state index >= 15 is 0 Å². The first-order chi connectivity index (χ1) is 8.25. The minimum atomic E-state index is 0.642. The first kappa shape index (κ1) is 12.5. The summed E-state index contributed by atoms with van der Waals surface area (Å²) < 4.78 is 0. The highest BCUT2D eigenvalue weighted by molar-refractivity contribution is 7.80. The fourth-order valence-electron chi connectivity index (χ4n) is 2.41. The second kappa shape index (κ2) is 6.12. The lowest BCUT2D eigenvalue weighted by atomic mass is 10.0. The number of rotatable bonds is 4. The molecule has 1 heterocycles. The van der Waals surface area contributed by atoms with Crippen LogP contribution >= 0.6 is 12.2 Å². The van der Waals surface area contributed by atoms with Gasteiger partial charge in [-0.1, -0.05) is 36.5 Å². The van der Waals surface area contributed by atoms with E-state index in [2.05, 4.69) is 29.2 Å². The van der Waals surface area contributed by atoms with E-state index in [1.807, 2.05) is 0 Å². The molecule has 92 valence electrons. The van der Waals surface area contributed by atoms with E-state index in [0.717, 1.165) is 32.5 Å². The van der Waals surface area contributed by atoms with Crippen LogP contribution in [0.1, 0.15) is 24.0 Å². The molecule has 0 atom stereocenters. The second-order valence-electron chi connectivity index (χ2n) is 4.68. The number of benzene rings is 1. The average molecular weight is 248 g/mol. The zero-order valence-corrected chi connectivity index (χ0v) is 11.0. The van der Waals surface area contributed by atoms with Crippen molar-refractivity contribution < 1.29 is 0 Å². The summed E-state index contributed by atoms with van der Waals surface area (Å²) in [6, 6.07) is 8.80. The molecule has 0 radical (unpaired) electrons. The smallest absolute Gasteiger partial charge is 0.0727 e. The van der Waals surface area contributed by atoms with Gasteiger partial charge in [-0.25, -0.2) is 0 Å². The van der Waals surface area contributed by atoms with Crippen LogP contribution in [0, 0.1) is 0 Å². The van der Waals surface area contributed by atoms with Gasteiger partial charge >= 0.3 is 0 Å². The van der Waals surface area contributed by atoms with Crippen LogP contribution in [-0.4, -0.2) is 29.5 Å². The minimum Gasteiger partial charge on any atom is -0.393 e. The van der Waals surface area contributed by atoms with Crippen molar-refractivity contribution in [2.45, 2.75) is 25.7 Å². The molecule has 0 fully saturated rings. The van der Waals surface area contributed by atoms with Crippen LogP contribution in [0.25, 0.3) is 0 Å². The summed E-state index contributed by atoms with van der Waals surface area (Å²) in [6.07, 6.45) is 4.30. The molecule has 0 aromatic heterocycles. The summed E-state index contributed by atoms with van der Waals surface area (Å²) >= 11 is 4.91. The van der Waals surface area contributed by atoms with E-state index in [0.29, 0.717) is 4.99 Å². The number of fused-ring (bicyclic) bond motifs is 1. The lowest BCUT2D eigenvalue weighted by molar-refractivity contribution is 0.286. The van der Waals surface area contributed by atoms with Gasteiger partial charge in [0, 0.05) is 13.1 Å². The molecule has 0 saturated carbocycles. The van der Waals surface area contributed by atoms with E-state index in [9.17, 15) is 0 Å². The SMILES string of the molecule is NC(=S)CCCN1CCc2ccccc2CC1. The summed E-state index contributed by atoms with van der Waals surface area (Å²) in [4.78, 5) is 3.17. The Morgan fingerprint density at radius 2 is 1.76 bits per heavy atom. The Morgan fingerprint density at radius 3 is 2.29 bits per heavy atom. The zero-order valence-electron chi connectivity index (χ0n) is 10.2. The number of nitrogens with zero attached hydrogens (tertiary/aromatic N) is 1. The van der Waals surface area contributed by atoms with Crippen molar-refractivity contribution in [2.24, 2.45) is 5.73 Å². The van der Waals surface area contributed by atoms with Crippen LogP contribution in [0.4, 0.5) is 0 Å². The average Bonchev–Trinajstić information content (AvgIpc) is 2.52. The van der Waals surface area contributed by atoms with Gasteiger partial charge in [-0.3, -0.25) is 0 Å². The standard InChI is InChI=1S/C14H20N2S/c15-14(17)6-3-9-16-10-7-12-4-1-2-5-13(12)8-11-16/h1-2,4-5H,3,6-11H2,(H2,15,17). The predicted molar refractivity (Wildman–Crippen MR) is 76.3 cm³/mol. The Morgan fingerprint density at radius 1 is 1.18 bits per heavy atom. The topological polar surface area (TPSA) is 29.3 Å². The Bertz CT molecular complexity index is 363. The fourth-order valence-corrected chi connectivity index (χ4v) is 2.56. The Balaban J connectivity index is 1.84. The molecule has 0 aliphatic carbocycles. The Labute approximate surface area is 109 Å². The summed E-state index contributed by atoms with van der Waals surface area (Å²) in [5.41, 5.74) is 8.56. The molecule has 1 aromatic rings. The molecule has 0 spiro atoms. The molecule has 17 heavy (non-hydrogen) atoms. The van der Waals surface area contributed by atoms with Crippen molar-refractivity contribution in [3.05, 3.63) is 35.4 Å². The van der Waals surface area contributed by atoms with E-state index in [1.54, 1.807) is 0 Å². The van der Waals surface area contributed by atoms with E-state index in [4.69, 9.17) is 18.0 Å². The third-order valence-electron chi connectivity index (χ3n) is 3.41. The molecule has 0 amide bonds. The van der Waals surface area contributed by atoms with E-state index in [-0.39, 0.29) is 0 Å². The first-order valence-corrected chi connectivity index (χ1v) is 6.74. The molecular weight excluding hydrogens is 228 g/mol. The Kier molecular flexibility index (Phi) is 4.51. The van der Waals surface area contributed by atoms with Crippen molar-refractivity contribution in [1.29, 1.82) is 0 Å². The van der Waals surface area contributed by atoms with Crippen molar-refractivity contribution in [2.75, 3.05) is 19.6 Å². The highest BCUT2D eigenvalue weighted by Crippen LogP contribution is 2.15. The lowest BCUT2D eigenvalue weighted by Gasteiger charge is -2.19. The minimum absolute atomic E-state index is 0.642. The molecule has 3 heteroatoms. The maximum atomic E-state index is 5.52. The zero-order chi connectivity index (χ0) is 12.1. The molecule has 0 saturated heterocycles. The van der Waals surface area contributed by atoms with E-state index < -0.39 is 0 Å². The third kappa shape index (κ3) is 3.79. The van der Waals surface area contributed by atoms with Crippen LogP contribution < -0.4 is 5.73 Å². The van der Waals surface area contributed by atoms with Crippen LogP contribution in [0.5, 0.6) is 0 Å². The van der Waals surface area contributed by atoms with Gasteiger partial charge in [-0.2, -0.15) is 0 Å². The van der Waals surface area contributed by atoms with Crippen LogP contribution in [0.15, 0.2) is 24.3 Å². The largest absolute Gasteiger partial charge is 0.393 e. The van der Waals surface area contributed by atoms with Gasteiger partial charge in [0.15, 0.2) is 0 Å². The van der Waals surface area contributed by atoms with E-state index in [1.165, 1.54) is 24.0 Å². The highest BCUT2D eigenvalue weighted by Gasteiger charge is 2.12. The lowest BCUT2D eigenvalue weighted by Crippen LogP contribution is -2.28. The van der Waals surface area contributed by atoms with Gasteiger partial charge in [0.05, 0.1) is 4.99 Å². The second-order valence-corrected chi connectivity index (χ2v) is 5.20. The van der Waals surface area contributed by atoms with Gasteiger partial charge in [-0.05, 0) is 43.4 Å².